The highest BCUT2D eigenvalue weighted by atomic mass is 32.2. The minimum absolute atomic E-state index is 0.193. The number of aryl methyl sites for hydroxylation is 1. The van der Waals surface area contributed by atoms with Crippen molar-refractivity contribution < 1.29 is 23.3 Å². The van der Waals surface area contributed by atoms with E-state index in [-0.39, 0.29) is 13.1 Å². The molecule has 1 atom stereocenters. The number of rotatable bonds is 12. The molecule has 0 amide bonds. The van der Waals surface area contributed by atoms with Crippen LogP contribution in [0.1, 0.15) is 22.6 Å². The number of carbonyl (C=O) groups is 1. The summed E-state index contributed by atoms with van der Waals surface area (Å²) in [6, 6.07) is 26.5. The molecule has 0 saturated heterocycles. The third-order valence-corrected chi connectivity index (χ3v) is 6.66. The molecule has 37 heavy (non-hydrogen) atoms. The van der Waals surface area contributed by atoms with Gasteiger partial charge in [0, 0.05) is 23.9 Å². The molecule has 0 bridgehead atoms. The van der Waals surface area contributed by atoms with Gasteiger partial charge in [-0.05, 0) is 48.4 Å². The Morgan fingerprint density at radius 2 is 1.78 bits per heavy atom. The van der Waals surface area contributed by atoms with E-state index in [1.54, 1.807) is 6.08 Å². The Balaban J connectivity index is 1.37. The van der Waals surface area contributed by atoms with Crippen molar-refractivity contribution >= 4 is 23.0 Å². The molecule has 0 fully saturated rings. The van der Waals surface area contributed by atoms with Gasteiger partial charge in [-0.25, -0.2) is 13.5 Å². The maximum absolute atomic E-state index is 12.8. The van der Waals surface area contributed by atoms with Gasteiger partial charge in [0.15, 0.2) is 0 Å². The van der Waals surface area contributed by atoms with Crippen LogP contribution in [0.4, 0.5) is 0 Å². The zero-order chi connectivity index (χ0) is 26.0. The van der Waals surface area contributed by atoms with Crippen LogP contribution in [0.25, 0.3) is 17.5 Å². The van der Waals surface area contributed by atoms with E-state index in [9.17, 15) is 14.1 Å². The Bertz CT molecular complexity index is 1370. The lowest BCUT2D eigenvalue weighted by atomic mass is 10.2. The molecule has 1 aromatic heterocycles. The SMILES string of the molecule is Cc1oc(-c2ccccc2)nc1CCOc1cccc(CN(CC(=O)O)S(=O)/C=C/c2ccccc2)c1. The molecule has 8 heteroatoms. The number of benzene rings is 3. The molecule has 0 spiro atoms. The van der Waals surface area contributed by atoms with E-state index in [0.717, 1.165) is 28.1 Å². The lowest BCUT2D eigenvalue weighted by Crippen LogP contribution is -2.30. The van der Waals surface area contributed by atoms with Gasteiger partial charge in [-0.1, -0.05) is 60.7 Å². The fourth-order valence-electron chi connectivity index (χ4n) is 3.69. The Labute approximate surface area is 218 Å². The zero-order valence-electron chi connectivity index (χ0n) is 20.4. The summed E-state index contributed by atoms with van der Waals surface area (Å²) in [6.07, 6.45) is 2.30. The molecule has 0 aliphatic rings. The average Bonchev–Trinajstić information content (AvgIpc) is 3.28. The molecule has 4 aromatic rings. The van der Waals surface area contributed by atoms with Gasteiger partial charge < -0.3 is 14.3 Å². The fraction of sp³-hybridized carbons (Fsp3) is 0.172. The first-order chi connectivity index (χ1) is 18.0. The summed E-state index contributed by atoms with van der Waals surface area (Å²) in [5.41, 5.74) is 3.44. The maximum atomic E-state index is 12.8. The first-order valence-corrected chi connectivity index (χ1v) is 13.0. The maximum Gasteiger partial charge on any atom is 0.318 e. The van der Waals surface area contributed by atoms with Gasteiger partial charge in [0.2, 0.25) is 5.89 Å². The van der Waals surface area contributed by atoms with Crippen molar-refractivity contribution in [1.82, 2.24) is 9.29 Å². The van der Waals surface area contributed by atoms with Gasteiger partial charge in [0.25, 0.3) is 0 Å². The second kappa shape index (κ2) is 12.8. The summed E-state index contributed by atoms with van der Waals surface area (Å²) in [5, 5.41) is 10.8. The molecule has 1 unspecified atom stereocenters. The minimum Gasteiger partial charge on any atom is -0.493 e. The number of hydrogen-bond acceptors (Lipinski definition) is 5. The highest BCUT2D eigenvalue weighted by molar-refractivity contribution is 7.85. The Hall–Kier alpha value is -4.01. The number of ether oxygens (including phenoxy) is 1. The van der Waals surface area contributed by atoms with Crippen molar-refractivity contribution in [2.75, 3.05) is 13.2 Å². The van der Waals surface area contributed by atoms with Crippen LogP contribution < -0.4 is 4.74 Å². The zero-order valence-corrected chi connectivity index (χ0v) is 21.3. The number of carboxylic acids is 1. The first kappa shape index (κ1) is 26.1. The monoisotopic (exact) mass is 516 g/mol. The largest absolute Gasteiger partial charge is 0.493 e. The second-order valence-corrected chi connectivity index (χ2v) is 9.66. The predicted molar refractivity (Wildman–Crippen MR) is 144 cm³/mol. The Morgan fingerprint density at radius 1 is 1.05 bits per heavy atom. The Kier molecular flexibility index (Phi) is 9.02. The number of oxazole rings is 1. The lowest BCUT2D eigenvalue weighted by molar-refractivity contribution is -0.137. The van der Waals surface area contributed by atoms with Crippen LogP contribution in [-0.4, -0.2) is 37.7 Å². The minimum atomic E-state index is -1.62. The normalized spacial score (nSPS) is 12.2. The van der Waals surface area contributed by atoms with E-state index >= 15 is 0 Å². The fourth-order valence-corrected chi connectivity index (χ4v) is 4.65. The van der Waals surface area contributed by atoms with Gasteiger partial charge in [0.05, 0.1) is 12.3 Å². The van der Waals surface area contributed by atoms with E-state index in [1.807, 2.05) is 91.9 Å². The smallest absolute Gasteiger partial charge is 0.318 e. The molecule has 0 radical (unpaired) electrons. The van der Waals surface area contributed by atoms with Crippen LogP contribution in [0.5, 0.6) is 5.75 Å². The highest BCUT2D eigenvalue weighted by Gasteiger charge is 2.16. The van der Waals surface area contributed by atoms with Crippen molar-refractivity contribution in [1.29, 1.82) is 0 Å². The molecule has 4 rings (SSSR count). The molecule has 0 aliphatic heterocycles. The van der Waals surface area contributed by atoms with Gasteiger partial charge in [0.1, 0.15) is 29.0 Å². The van der Waals surface area contributed by atoms with Crippen LogP contribution in [0.15, 0.2) is 94.8 Å². The van der Waals surface area contributed by atoms with Crippen LogP contribution in [0.3, 0.4) is 0 Å². The molecule has 0 saturated carbocycles. The summed E-state index contributed by atoms with van der Waals surface area (Å²) in [5.74, 6) is 0.934. The van der Waals surface area contributed by atoms with Crippen LogP contribution in [0, 0.1) is 6.92 Å². The number of carboxylic acid groups (broad SMARTS) is 1. The number of hydrogen-bond donors (Lipinski definition) is 1. The Morgan fingerprint density at radius 3 is 2.51 bits per heavy atom. The van der Waals surface area contributed by atoms with Gasteiger partial charge in [-0.15, -0.1) is 0 Å². The quantitative estimate of drug-likeness (QED) is 0.268. The molecule has 7 nitrogen and oxygen atoms in total. The topological polar surface area (TPSA) is 92.9 Å². The predicted octanol–water partition coefficient (Wildman–Crippen LogP) is 5.49. The van der Waals surface area contributed by atoms with Gasteiger partial charge >= 0.3 is 5.97 Å². The molecule has 1 N–H and O–H groups in total. The van der Waals surface area contributed by atoms with Crippen LogP contribution >= 0.6 is 0 Å². The molecule has 190 valence electrons. The first-order valence-electron chi connectivity index (χ1n) is 11.8. The van der Waals surface area contributed by atoms with Crippen LogP contribution in [0.2, 0.25) is 0 Å². The molecular formula is C29H28N2O5S. The van der Waals surface area contributed by atoms with E-state index in [0.29, 0.717) is 24.7 Å². The van der Waals surface area contributed by atoms with Crippen LogP contribution in [-0.2, 0) is 28.7 Å². The molecule has 3 aromatic carbocycles. The summed E-state index contributed by atoms with van der Waals surface area (Å²) < 4.78 is 26.0. The third kappa shape index (κ3) is 7.73. The third-order valence-electron chi connectivity index (χ3n) is 5.52. The number of aromatic nitrogens is 1. The summed E-state index contributed by atoms with van der Waals surface area (Å²) >= 11 is 0. The lowest BCUT2D eigenvalue weighted by Gasteiger charge is -2.18. The summed E-state index contributed by atoms with van der Waals surface area (Å²) in [6.45, 7) is 2.12. The molecule has 1 heterocycles. The summed E-state index contributed by atoms with van der Waals surface area (Å²) in [4.78, 5) is 16.0. The van der Waals surface area contributed by atoms with Gasteiger partial charge in [-0.3, -0.25) is 4.79 Å². The average molecular weight is 517 g/mol. The number of nitrogens with zero attached hydrogens (tertiary/aromatic N) is 2. The van der Waals surface area contributed by atoms with E-state index in [1.165, 1.54) is 9.71 Å². The highest BCUT2D eigenvalue weighted by Crippen LogP contribution is 2.22. The van der Waals surface area contributed by atoms with E-state index in [2.05, 4.69) is 4.98 Å². The molecular weight excluding hydrogens is 488 g/mol. The number of aliphatic carboxylic acids is 1. The van der Waals surface area contributed by atoms with E-state index in [4.69, 9.17) is 9.15 Å². The summed E-state index contributed by atoms with van der Waals surface area (Å²) in [7, 11) is -1.62. The second-order valence-electron chi connectivity index (χ2n) is 8.32. The molecule has 0 aliphatic carbocycles. The van der Waals surface area contributed by atoms with Crippen molar-refractivity contribution in [3.8, 4) is 17.2 Å². The standard InChI is InChI=1S/C29H28N2O5S/c1-22-27(30-29(36-22)25-12-6-3-7-13-25)15-17-35-26-14-8-11-24(19-26)20-31(21-28(32)33)37(34)18-16-23-9-4-2-5-10-23/h2-14,16,18-19H,15,17,20-21H2,1H3,(H,32,33)/b18-16+. The van der Waals surface area contributed by atoms with Crippen molar-refractivity contribution in [3.63, 3.8) is 0 Å². The van der Waals surface area contributed by atoms with Gasteiger partial charge in [-0.2, -0.15) is 0 Å². The van der Waals surface area contributed by atoms with Crippen molar-refractivity contribution in [2.45, 2.75) is 19.9 Å². The van der Waals surface area contributed by atoms with E-state index < -0.39 is 17.0 Å². The van der Waals surface area contributed by atoms with Crippen molar-refractivity contribution in [2.24, 2.45) is 0 Å². The van der Waals surface area contributed by atoms with Crippen molar-refractivity contribution in [3.05, 3.63) is 113 Å².